The van der Waals surface area contributed by atoms with Crippen LogP contribution in [0.2, 0.25) is 0 Å². The third kappa shape index (κ3) is 2.49. The van der Waals surface area contributed by atoms with Crippen LogP contribution in [-0.2, 0) is 14.3 Å². The first-order valence-corrected chi connectivity index (χ1v) is 5.79. The van der Waals surface area contributed by atoms with Crippen LogP contribution in [0.1, 0.15) is 25.3 Å². The van der Waals surface area contributed by atoms with E-state index < -0.39 is 6.10 Å². The molecule has 1 aromatic rings. The molecule has 0 fully saturated rings. The molecule has 0 bridgehead atoms. The molecule has 0 amide bonds. The Morgan fingerprint density at radius 3 is 2.71 bits per heavy atom. The second kappa shape index (κ2) is 5.04. The van der Waals surface area contributed by atoms with Gasteiger partial charge in [-0.15, -0.1) is 0 Å². The van der Waals surface area contributed by atoms with Gasteiger partial charge in [-0.2, -0.15) is 0 Å². The zero-order valence-corrected chi connectivity index (χ0v) is 10.1. The lowest BCUT2D eigenvalue weighted by Crippen LogP contribution is -2.28. The van der Waals surface area contributed by atoms with Crippen molar-refractivity contribution in [3.63, 3.8) is 0 Å². The molecular weight excluding hydrogens is 216 g/mol. The van der Waals surface area contributed by atoms with E-state index in [1.165, 1.54) is 0 Å². The van der Waals surface area contributed by atoms with Gasteiger partial charge in [0.15, 0.2) is 0 Å². The van der Waals surface area contributed by atoms with Gasteiger partial charge in [-0.25, -0.2) is 4.79 Å². The van der Waals surface area contributed by atoms with E-state index in [1.807, 2.05) is 43.3 Å². The van der Waals surface area contributed by atoms with Gasteiger partial charge in [0.25, 0.3) is 0 Å². The Morgan fingerprint density at radius 2 is 2.06 bits per heavy atom. The number of esters is 1. The van der Waals surface area contributed by atoms with Gasteiger partial charge in [-0.3, -0.25) is 0 Å². The molecule has 90 valence electrons. The summed E-state index contributed by atoms with van der Waals surface area (Å²) in [6.45, 7) is 4.03. The highest BCUT2D eigenvalue weighted by molar-refractivity contribution is 5.77. The lowest BCUT2D eigenvalue weighted by atomic mass is 9.94. The van der Waals surface area contributed by atoms with Crippen LogP contribution in [-0.4, -0.2) is 18.7 Å². The van der Waals surface area contributed by atoms with Crippen LogP contribution in [0.3, 0.4) is 0 Å². The van der Waals surface area contributed by atoms with Crippen molar-refractivity contribution in [2.45, 2.75) is 25.9 Å². The highest BCUT2D eigenvalue weighted by Crippen LogP contribution is 2.32. The third-order valence-corrected chi connectivity index (χ3v) is 2.76. The zero-order valence-electron chi connectivity index (χ0n) is 10.1. The minimum atomic E-state index is -0.544. The number of rotatable bonds is 3. The van der Waals surface area contributed by atoms with E-state index in [0.29, 0.717) is 6.61 Å². The summed E-state index contributed by atoms with van der Waals surface area (Å²) in [6.07, 6.45) is 1.43. The maximum Gasteiger partial charge on any atom is 0.348 e. The van der Waals surface area contributed by atoms with Crippen LogP contribution >= 0.6 is 0 Å². The van der Waals surface area contributed by atoms with E-state index in [4.69, 9.17) is 9.47 Å². The standard InChI is InChI=1S/C14H16O3/c1-3-16-14(15)13-12(9-10(2)17-13)11-7-5-4-6-8-11/h4-9,12-13H,3H2,1-2H3. The molecule has 1 heterocycles. The van der Waals surface area contributed by atoms with E-state index >= 15 is 0 Å². The second-order valence-electron chi connectivity index (χ2n) is 4.00. The number of ether oxygens (including phenoxy) is 2. The van der Waals surface area contributed by atoms with Gasteiger partial charge in [0.2, 0.25) is 6.10 Å². The molecule has 0 radical (unpaired) electrons. The summed E-state index contributed by atoms with van der Waals surface area (Å²) in [5, 5.41) is 0. The van der Waals surface area contributed by atoms with Crippen molar-refractivity contribution in [1.29, 1.82) is 0 Å². The molecule has 2 atom stereocenters. The molecule has 3 nitrogen and oxygen atoms in total. The number of carbonyl (C=O) groups is 1. The molecule has 1 aliphatic heterocycles. The largest absolute Gasteiger partial charge is 0.483 e. The Hall–Kier alpha value is -1.77. The molecule has 17 heavy (non-hydrogen) atoms. The van der Waals surface area contributed by atoms with Crippen LogP contribution in [0, 0.1) is 0 Å². The van der Waals surface area contributed by atoms with Crippen molar-refractivity contribution < 1.29 is 14.3 Å². The lowest BCUT2D eigenvalue weighted by Gasteiger charge is -2.17. The minimum Gasteiger partial charge on any atom is -0.483 e. The molecule has 0 aromatic heterocycles. The monoisotopic (exact) mass is 232 g/mol. The SMILES string of the molecule is CCOC(=O)C1OC(C)=CC1c1ccccc1. The summed E-state index contributed by atoms with van der Waals surface area (Å²) in [7, 11) is 0. The average molecular weight is 232 g/mol. The third-order valence-electron chi connectivity index (χ3n) is 2.76. The maximum absolute atomic E-state index is 11.8. The average Bonchev–Trinajstić information content (AvgIpc) is 2.73. The van der Waals surface area contributed by atoms with E-state index in [0.717, 1.165) is 11.3 Å². The molecule has 1 aliphatic rings. The van der Waals surface area contributed by atoms with E-state index in [9.17, 15) is 4.79 Å². The first-order valence-electron chi connectivity index (χ1n) is 5.79. The molecule has 0 spiro atoms. The van der Waals surface area contributed by atoms with Crippen molar-refractivity contribution in [2.75, 3.05) is 6.61 Å². The van der Waals surface area contributed by atoms with Crippen LogP contribution in [0.5, 0.6) is 0 Å². The minimum absolute atomic E-state index is 0.0461. The van der Waals surface area contributed by atoms with E-state index in [1.54, 1.807) is 6.92 Å². The van der Waals surface area contributed by atoms with Crippen molar-refractivity contribution in [2.24, 2.45) is 0 Å². The summed E-state index contributed by atoms with van der Waals surface area (Å²) in [5.74, 6) is 0.432. The van der Waals surface area contributed by atoms with Crippen molar-refractivity contribution in [1.82, 2.24) is 0 Å². The summed E-state index contributed by atoms with van der Waals surface area (Å²) < 4.78 is 10.6. The molecule has 2 unspecified atom stereocenters. The van der Waals surface area contributed by atoms with Crippen LogP contribution < -0.4 is 0 Å². The quantitative estimate of drug-likeness (QED) is 0.751. The van der Waals surface area contributed by atoms with Gasteiger partial charge in [-0.1, -0.05) is 30.3 Å². The summed E-state index contributed by atoms with van der Waals surface area (Å²) in [5.41, 5.74) is 1.07. The Balaban J connectivity index is 2.21. The normalized spacial score (nSPS) is 22.8. The molecular formula is C14H16O3. The Labute approximate surface area is 101 Å². The van der Waals surface area contributed by atoms with Crippen molar-refractivity contribution in [3.05, 3.63) is 47.7 Å². The Kier molecular flexibility index (Phi) is 3.47. The molecule has 3 heteroatoms. The number of carbonyl (C=O) groups excluding carboxylic acids is 1. The van der Waals surface area contributed by atoms with E-state index in [2.05, 4.69) is 0 Å². The van der Waals surface area contributed by atoms with Crippen LogP contribution in [0.15, 0.2) is 42.2 Å². The predicted molar refractivity (Wildman–Crippen MR) is 64.4 cm³/mol. The second-order valence-corrected chi connectivity index (χ2v) is 4.00. The molecule has 2 rings (SSSR count). The fourth-order valence-corrected chi connectivity index (χ4v) is 2.02. The number of hydrogen-bond acceptors (Lipinski definition) is 3. The van der Waals surface area contributed by atoms with Gasteiger partial charge >= 0.3 is 5.97 Å². The van der Waals surface area contributed by atoms with Crippen LogP contribution in [0.25, 0.3) is 0 Å². The number of allylic oxidation sites excluding steroid dienone is 1. The molecule has 0 N–H and O–H groups in total. The fraction of sp³-hybridized carbons (Fsp3) is 0.357. The smallest absolute Gasteiger partial charge is 0.348 e. The molecule has 0 saturated carbocycles. The molecule has 1 aromatic carbocycles. The van der Waals surface area contributed by atoms with Gasteiger partial charge in [0, 0.05) is 0 Å². The molecule has 0 aliphatic carbocycles. The highest BCUT2D eigenvalue weighted by atomic mass is 16.6. The maximum atomic E-state index is 11.8. The zero-order chi connectivity index (χ0) is 12.3. The highest BCUT2D eigenvalue weighted by Gasteiger charge is 2.35. The van der Waals surface area contributed by atoms with Crippen LogP contribution in [0.4, 0.5) is 0 Å². The first kappa shape index (κ1) is 11.7. The molecule has 0 saturated heterocycles. The van der Waals surface area contributed by atoms with Gasteiger partial charge < -0.3 is 9.47 Å². The number of benzene rings is 1. The van der Waals surface area contributed by atoms with Crippen molar-refractivity contribution in [3.8, 4) is 0 Å². The summed E-state index contributed by atoms with van der Waals surface area (Å²) in [4.78, 5) is 11.8. The number of hydrogen-bond donors (Lipinski definition) is 0. The Bertz CT molecular complexity index is 422. The summed E-state index contributed by atoms with van der Waals surface area (Å²) >= 11 is 0. The summed E-state index contributed by atoms with van der Waals surface area (Å²) in [6, 6.07) is 9.86. The fourth-order valence-electron chi connectivity index (χ4n) is 2.02. The first-order chi connectivity index (χ1) is 8.22. The van der Waals surface area contributed by atoms with E-state index in [-0.39, 0.29) is 11.9 Å². The Morgan fingerprint density at radius 1 is 1.35 bits per heavy atom. The van der Waals surface area contributed by atoms with Gasteiger partial charge in [-0.05, 0) is 25.5 Å². The van der Waals surface area contributed by atoms with Gasteiger partial charge in [0.1, 0.15) is 0 Å². The topological polar surface area (TPSA) is 35.5 Å². The van der Waals surface area contributed by atoms with Crippen molar-refractivity contribution >= 4 is 5.97 Å². The van der Waals surface area contributed by atoms with Gasteiger partial charge in [0.05, 0.1) is 18.3 Å². The predicted octanol–water partition coefficient (Wildman–Crippen LogP) is 2.64. The lowest BCUT2D eigenvalue weighted by molar-refractivity contribution is -0.153.